The van der Waals surface area contributed by atoms with E-state index >= 15 is 0 Å². The van der Waals surface area contributed by atoms with Crippen LogP contribution in [0, 0.1) is 6.92 Å². The minimum Gasteiger partial charge on any atom is -0.489 e. The van der Waals surface area contributed by atoms with E-state index in [4.69, 9.17) is 14.2 Å². The van der Waals surface area contributed by atoms with Gasteiger partial charge >= 0.3 is 18.4 Å². The maximum absolute atomic E-state index is 13.8. The molecule has 0 spiro atoms. The smallest absolute Gasteiger partial charge is 0.489 e. The summed E-state index contributed by atoms with van der Waals surface area (Å²) >= 11 is 0. The number of ether oxygens (including phenoxy) is 4. The highest BCUT2D eigenvalue weighted by molar-refractivity contribution is 6.02. The van der Waals surface area contributed by atoms with Crippen LogP contribution >= 0.6 is 0 Å². The number of benzene rings is 2. The minimum atomic E-state index is -4.81. The number of alkyl halides is 3. The fraction of sp³-hybridized carbons (Fsp3) is 0.559. The first-order valence-electron chi connectivity index (χ1n) is 15.6. The maximum atomic E-state index is 13.8. The molecule has 4 rings (SSSR count). The normalized spacial score (nSPS) is 16.0. The van der Waals surface area contributed by atoms with Gasteiger partial charge in [0, 0.05) is 19.3 Å². The van der Waals surface area contributed by atoms with Gasteiger partial charge in [-0.1, -0.05) is 31.4 Å². The molecule has 1 aliphatic carbocycles. The Labute approximate surface area is 267 Å². The van der Waals surface area contributed by atoms with Crippen LogP contribution in [0.15, 0.2) is 30.3 Å². The van der Waals surface area contributed by atoms with Crippen molar-refractivity contribution in [2.75, 3.05) is 25.6 Å². The third kappa shape index (κ3) is 8.64. The number of halogens is 3. The Bertz CT molecular complexity index is 1430. The number of rotatable bonds is 9. The minimum absolute atomic E-state index is 0.0172. The molecule has 1 fully saturated rings. The van der Waals surface area contributed by atoms with Crippen molar-refractivity contribution in [1.29, 1.82) is 0 Å². The highest BCUT2D eigenvalue weighted by Crippen LogP contribution is 2.40. The molecule has 0 aromatic heterocycles. The molecule has 2 amide bonds. The lowest BCUT2D eigenvalue weighted by Crippen LogP contribution is -2.51. The molecule has 0 unspecified atom stereocenters. The van der Waals surface area contributed by atoms with Crippen molar-refractivity contribution in [2.24, 2.45) is 0 Å². The molecule has 1 atom stereocenters. The van der Waals surface area contributed by atoms with E-state index in [9.17, 15) is 27.6 Å². The first-order valence-corrected chi connectivity index (χ1v) is 15.6. The molecule has 12 heteroatoms. The summed E-state index contributed by atoms with van der Waals surface area (Å²) in [6, 6.07) is 7.18. The Balaban J connectivity index is 1.52. The Morgan fingerprint density at radius 1 is 1.02 bits per heavy atom. The third-order valence-corrected chi connectivity index (χ3v) is 8.43. The van der Waals surface area contributed by atoms with Gasteiger partial charge in [-0.2, -0.15) is 0 Å². The molecule has 0 N–H and O–H groups in total. The van der Waals surface area contributed by atoms with Crippen molar-refractivity contribution in [3.8, 4) is 11.5 Å². The molecule has 2 aromatic carbocycles. The second-order valence-electron chi connectivity index (χ2n) is 12.9. The Morgan fingerprint density at radius 2 is 1.72 bits per heavy atom. The molecule has 0 bridgehead atoms. The number of carbonyl (C=O) groups excluding carboxylic acids is 3. The number of fused-ring (bicyclic) bond motifs is 1. The van der Waals surface area contributed by atoms with E-state index in [1.165, 1.54) is 25.1 Å². The summed E-state index contributed by atoms with van der Waals surface area (Å²) in [4.78, 5) is 41.5. The number of amides is 2. The molecule has 0 saturated heterocycles. The van der Waals surface area contributed by atoms with Crippen LogP contribution in [-0.4, -0.2) is 61.6 Å². The quantitative estimate of drug-likeness (QED) is 0.265. The average Bonchev–Trinajstić information content (AvgIpc) is 3.42. The number of likely N-dealkylation sites (N-methyl/N-ethyl adjacent to an activating group) is 1. The number of methoxy groups -OCH3 is 1. The van der Waals surface area contributed by atoms with Crippen LogP contribution in [0.25, 0.3) is 0 Å². The van der Waals surface area contributed by atoms with Crippen LogP contribution in [0.1, 0.15) is 87.5 Å². The number of esters is 1. The summed E-state index contributed by atoms with van der Waals surface area (Å²) in [6.07, 6.45) is -0.688. The van der Waals surface area contributed by atoms with Gasteiger partial charge in [0.05, 0.1) is 13.5 Å². The van der Waals surface area contributed by atoms with Gasteiger partial charge in [-0.3, -0.25) is 14.5 Å². The SMILES string of the molecule is COC(=O)C[C@H](C(=O)N1CCc2c1ccc(OCc1ccc(C3CCCCC3)c(OC(F)(F)F)c1)c2C)N(C)C(=O)OC(C)(C)C. The van der Waals surface area contributed by atoms with E-state index < -0.39 is 36.0 Å². The molecule has 46 heavy (non-hydrogen) atoms. The third-order valence-electron chi connectivity index (χ3n) is 8.43. The highest BCUT2D eigenvalue weighted by atomic mass is 19.4. The monoisotopic (exact) mass is 648 g/mol. The van der Waals surface area contributed by atoms with E-state index in [0.717, 1.165) is 48.1 Å². The topological polar surface area (TPSA) is 94.6 Å². The Hall–Kier alpha value is -3.96. The van der Waals surface area contributed by atoms with Gasteiger partial charge in [-0.05, 0) is 93.3 Å². The fourth-order valence-electron chi connectivity index (χ4n) is 6.08. The molecule has 252 valence electrons. The van der Waals surface area contributed by atoms with Crippen LogP contribution in [0.3, 0.4) is 0 Å². The summed E-state index contributed by atoms with van der Waals surface area (Å²) in [5.74, 6) is -0.732. The van der Waals surface area contributed by atoms with Gasteiger partial charge in [-0.25, -0.2) is 4.79 Å². The molecule has 1 saturated carbocycles. The van der Waals surface area contributed by atoms with Crippen molar-refractivity contribution >= 4 is 23.7 Å². The van der Waals surface area contributed by atoms with Crippen LogP contribution in [0.4, 0.5) is 23.7 Å². The summed E-state index contributed by atoms with van der Waals surface area (Å²) in [5.41, 5.74) is 2.57. The summed E-state index contributed by atoms with van der Waals surface area (Å²) in [6.45, 7) is 7.30. The second-order valence-corrected chi connectivity index (χ2v) is 12.9. The van der Waals surface area contributed by atoms with Crippen LogP contribution in [0.5, 0.6) is 11.5 Å². The largest absolute Gasteiger partial charge is 0.573 e. The number of hydrogen-bond acceptors (Lipinski definition) is 7. The molecule has 0 radical (unpaired) electrons. The highest BCUT2D eigenvalue weighted by Gasteiger charge is 2.38. The molecule has 1 aliphatic heterocycles. The number of hydrogen-bond donors (Lipinski definition) is 0. The van der Waals surface area contributed by atoms with Gasteiger partial charge in [-0.15, -0.1) is 13.2 Å². The molecule has 9 nitrogen and oxygen atoms in total. The van der Waals surface area contributed by atoms with Gasteiger partial charge in [0.1, 0.15) is 29.7 Å². The zero-order valence-corrected chi connectivity index (χ0v) is 27.3. The van der Waals surface area contributed by atoms with Gasteiger partial charge in [0.2, 0.25) is 0 Å². The first kappa shape index (κ1) is 34.9. The van der Waals surface area contributed by atoms with Crippen LogP contribution < -0.4 is 14.4 Å². The number of nitrogens with zero attached hydrogens (tertiary/aromatic N) is 2. The van der Waals surface area contributed by atoms with Crippen molar-refractivity contribution in [1.82, 2.24) is 4.90 Å². The lowest BCUT2D eigenvalue weighted by Gasteiger charge is -2.32. The maximum Gasteiger partial charge on any atom is 0.573 e. The van der Waals surface area contributed by atoms with E-state index in [0.29, 0.717) is 35.5 Å². The van der Waals surface area contributed by atoms with E-state index in [-0.39, 0.29) is 24.7 Å². The lowest BCUT2D eigenvalue weighted by molar-refractivity contribution is -0.275. The van der Waals surface area contributed by atoms with Gasteiger partial charge in [0.15, 0.2) is 0 Å². The van der Waals surface area contributed by atoms with Gasteiger partial charge < -0.3 is 23.8 Å². The zero-order chi connectivity index (χ0) is 33.8. The Morgan fingerprint density at radius 3 is 2.35 bits per heavy atom. The predicted molar refractivity (Wildman–Crippen MR) is 165 cm³/mol. The van der Waals surface area contributed by atoms with Gasteiger partial charge in [0.25, 0.3) is 5.91 Å². The van der Waals surface area contributed by atoms with Crippen molar-refractivity contribution < 1.29 is 46.5 Å². The summed E-state index contributed by atoms with van der Waals surface area (Å²) in [5, 5.41) is 0. The predicted octanol–water partition coefficient (Wildman–Crippen LogP) is 7.21. The molecule has 2 aliphatic rings. The van der Waals surface area contributed by atoms with E-state index in [1.54, 1.807) is 45.0 Å². The molecule has 2 aromatic rings. The lowest BCUT2D eigenvalue weighted by atomic mass is 9.83. The van der Waals surface area contributed by atoms with Crippen LogP contribution in [0.2, 0.25) is 0 Å². The Kier molecular flexibility index (Phi) is 10.8. The van der Waals surface area contributed by atoms with Crippen molar-refractivity contribution in [3.05, 3.63) is 52.6 Å². The second kappa shape index (κ2) is 14.2. The van der Waals surface area contributed by atoms with E-state index in [1.807, 2.05) is 6.92 Å². The molecular weight excluding hydrogens is 605 g/mol. The van der Waals surface area contributed by atoms with Crippen molar-refractivity contribution in [2.45, 2.75) is 103 Å². The number of anilines is 1. The fourth-order valence-corrected chi connectivity index (χ4v) is 6.08. The summed E-state index contributed by atoms with van der Waals surface area (Å²) < 4.78 is 60.6. The van der Waals surface area contributed by atoms with Crippen molar-refractivity contribution in [3.63, 3.8) is 0 Å². The summed E-state index contributed by atoms with van der Waals surface area (Å²) in [7, 11) is 2.62. The standard InChI is InChI=1S/C34H43F3N2O7/c1-21-24-16-17-39(31(41)27(19-30(40)43-6)38(5)32(42)46-33(2,3)4)26(24)14-15-28(21)44-20-22-12-13-25(23-10-8-7-9-11-23)29(18-22)45-34(35,36)37/h12-15,18,23,27H,7-11,16-17,19-20H2,1-6H3/t27-/m1/s1. The van der Waals surface area contributed by atoms with E-state index in [2.05, 4.69) is 4.74 Å². The zero-order valence-electron chi connectivity index (χ0n) is 27.3. The van der Waals surface area contributed by atoms with Crippen LogP contribution in [-0.2, 0) is 32.1 Å². The molecule has 1 heterocycles. The average molecular weight is 649 g/mol. The number of carbonyl (C=O) groups is 3. The molecular formula is C34H43F3N2O7. The first-order chi connectivity index (χ1) is 21.6.